The summed E-state index contributed by atoms with van der Waals surface area (Å²) in [4.78, 5) is 2.38. The Kier molecular flexibility index (Phi) is 3.02. The third kappa shape index (κ3) is 2.24. The summed E-state index contributed by atoms with van der Waals surface area (Å²) in [5, 5.41) is 3.44. The van der Waals surface area contributed by atoms with Crippen molar-refractivity contribution in [3.63, 3.8) is 0 Å². The van der Waals surface area contributed by atoms with Gasteiger partial charge in [0.2, 0.25) is 0 Å². The van der Waals surface area contributed by atoms with E-state index in [-0.39, 0.29) is 5.82 Å². The molecule has 0 bridgehead atoms. The van der Waals surface area contributed by atoms with Crippen molar-refractivity contribution >= 4 is 5.69 Å². The summed E-state index contributed by atoms with van der Waals surface area (Å²) in [6.45, 7) is 6.62. The molecule has 1 saturated heterocycles. The third-order valence-corrected chi connectivity index (χ3v) is 4.29. The number of benzene rings is 1. The van der Waals surface area contributed by atoms with Crippen molar-refractivity contribution in [2.24, 2.45) is 5.41 Å². The molecule has 2 heterocycles. The summed E-state index contributed by atoms with van der Waals surface area (Å²) < 4.78 is 13.4. The molecule has 3 heteroatoms. The molecule has 1 unspecified atom stereocenters. The van der Waals surface area contributed by atoms with Gasteiger partial charge in [-0.2, -0.15) is 0 Å². The minimum absolute atomic E-state index is 0.115. The lowest BCUT2D eigenvalue weighted by Gasteiger charge is -2.37. The summed E-state index contributed by atoms with van der Waals surface area (Å²) in [6, 6.07) is 5.24. The number of halogens is 1. The van der Waals surface area contributed by atoms with E-state index in [1.54, 1.807) is 12.1 Å². The molecule has 2 nitrogen and oxygen atoms in total. The predicted molar refractivity (Wildman–Crippen MR) is 72.5 cm³/mol. The van der Waals surface area contributed by atoms with Crippen molar-refractivity contribution in [3.05, 3.63) is 29.6 Å². The van der Waals surface area contributed by atoms with Gasteiger partial charge in [-0.25, -0.2) is 4.39 Å². The molecular formula is C15H21FN2. The largest absolute Gasteiger partial charge is 0.371 e. The lowest BCUT2D eigenvalue weighted by Crippen LogP contribution is -2.40. The second-order valence-electron chi connectivity index (χ2n) is 6.04. The minimum Gasteiger partial charge on any atom is -0.371 e. The molecule has 0 aliphatic carbocycles. The maximum atomic E-state index is 13.4. The average molecular weight is 248 g/mol. The molecule has 2 aliphatic rings. The second-order valence-corrected chi connectivity index (χ2v) is 6.04. The highest BCUT2D eigenvalue weighted by Crippen LogP contribution is 2.33. The van der Waals surface area contributed by atoms with Gasteiger partial charge in [-0.3, -0.25) is 0 Å². The van der Waals surface area contributed by atoms with E-state index in [2.05, 4.69) is 17.1 Å². The normalized spacial score (nSPS) is 27.3. The minimum atomic E-state index is -0.115. The topological polar surface area (TPSA) is 15.3 Å². The first-order chi connectivity index (χ1) is 8.66. The van der Waals surface area contributed by atoms with E-state index in [0.29, 0.717) is 5.41 Å². The smallest absolute Gasteiger partial charge is 0.125 e. The van der Waals surface area contributed by atoms with Crippen LogP contribution in [-0.2, 0) is 6.42 Å². The van der Waals surface area contributed by atoms with E-state index in [0.717, 1.165) is 38.3 Å². The Bertz CT molecular complexity index is 438. The fourth-order valence-corrected chi connectivity index (χ4v) is 3.25. The quantitative estimate of drug-likeness (QED) is 0.865. The van der Waals surface area contributed by atoms with E-state index < -0.39 is 0 Å². The van der Waals surface area contributed by atoms with Gasteiger partial charge < -0.3 is 10.2 Å². The van der Waals surface area contributed by atoms with Gasteiger partial charge in [0.05, 0.1) is 0 Å². The maximum Gasteiger partial charge on any atom is 0.125 e. The maximum absolute atomic E-state index is 13.4. The van der Waals surface area contributed by atoms with Crippen molar-refractivity contribution in [2.75, 3.05) is 31.1 Å². The van der Waals surface area contributed by atoms with Crippen LogP contribution >= 0.6 is 0 Å². The fraction of sp³-hybridized carbons (Fsp3) is 0.600. The van der Waals surface area contributed by atoms with Crippen LogP contribution in [0.4, 0.5) is 10.1 Å². The van der Waals surface area contributed by atoms with Crippen molar-refractivity contribution in [1.82, 2.24) is 5.32 Å². The highest BCUT2D eigenvalue weighted by atomic mass is 19.1. The van der Waals surface area contributed by atoms with E-state index in [9.17, 15) is 4.39 Å². The number of rotatable bonds is 2. The van der Waals surface area contributed by atoms with E-state index in [4.69, 9.17) is 0 Å². The Balaban J connectivity index is 1.84. The van der Waals surface area contributed by atoms with Crippen molar-refractivity contribution < 1.29 is 4.39 Å². The van der Waals surface area contributed by atoms with Crippen LogP contribution < -0.4 is 10.2 Å². The van der Waals surface area contributed by atoms with Gasteiger partial charge in [0.1, 0.15) is 5.82 Å². The van der Waals surface area contributed by atoms with Crippen molar-refractivity contribution in [1.29, 1.82) is 0 Å². The number of aryl methyl sites for hydroxylation is 1. The van der Waals surface area contributed by atoms with Crippen LogP contribution in [0.25, 0.3) is 0 Å². The lowest BCUT2D eigenvalue weighted by atomic mass is 9.88. The molecule has 2 aliphatic heterocycles. The lowest BCUT2D eigenvalue weighted by molar-refractivity contribution is 0.361. The van der Waals surface area contributed by atoms with Crippen molar-refractivity contribution in [3.8, 4) is 0 Å². The molecule has 0 spiro atoms. The van der Waals surface area contributed by atoms with Gasteiger partial charge in [-0.05, 0) is 48.9 Å². The summed E-state index contributed by atoms with van der Waals surface area (Å²) in [7, 11) is 0. The molecule has 1 aromatic carbocycles. The van der Waals surface area contributed by atoms with Gasteiger partial charge >= 0.3 is 0 Å². The predicted octanol–water partition coefficient (Wildman–Crippen LogP) is 2.58. The zero-order valence-electron chi connectivity index (χ0n) is 11.0. The first-order valence-corrected chi connectivity index (χ1v) is 6.90. The molecule has 3 rings (SSSR count). The molecule has 0 aromatic heterocycles. The number of hydrogen-bond acceptors (Lipinski definition) is 2. The first kappa shape index (κ1) is 12.0. The van der Waals surface area contributed by atoms with Gasteiger partial charge in [-0.1, -0.05) is 13.0 Å². The van der Waals surface area contributed by atoms with E-state index in [1.807, 2.05) is 6.07 Å². The molecule has 98 valence electrons. The van der Waals surface area contributed by atoms with Crippen LogP contribution in [0.5, 0.6) is 0 Å². The van der Waals surface area contributed by atoms with Gasteiger partial charge in [0, 0.05) is 25.3 Å². The molecule has 1 fully saturated rings. The monoisotopic (exact) mass is 248 g/mol. The summed E-state index contributed by atoms with van der Waals surface area (Å²) >= 11 is 0. The Morgan fingerprint density at radius 1 is 1.44 bits per heavy atom. The summed E-state index contributed by atoms with van der Waals surface area (Å²) in [5.41, 5.74) is 2.76. The molecule has 0 amide bonds. The Hall–Kier alpha value is -1.09. The van der Waals surface area contributed by atoms with Crippen LogP contribution in [0, 0.1) is 11.2 Å². The summed E-state index contributed by atoms with van der Waals surface area (Å²) in [5.74, 6) is -0.115. The Morgan fingerprint density at radius 3 is 3.11 bits per heavy atom. The first-order valence-electron chi connectivity index (χ1n) is 6.90. The SMILES string of the molecule is CC1(CN2CCCc3ccc(F)cc32)CCNC1. The Morgan fingerprint density at radius 2 is 2.33 bits per heavy atom. The fourth-order valence-electron chi connectivity index (χ4n) is 3.25. The van der Waals surface area contributed by atoms with E-state index >= 15 is 0 Å². The molecule has 1 N–H and O–H groups in total. The van der Waals surface area contributed by atoms with Crippen LogP contribution in [0.15, 0.2) is 18.2 Å². The summed E-state index contributed by atoms with van der Waals surface area (Å²) in [6.07, 6.45) is 3.48. The Labute approximate surface area is 108 Å². The molecular weight excluding hydrogens is 227 g/mol. The van der Waals surface area contributed by atoms with Crippen LogP contribution in [0.1, 0.15) is 25.3 Å². The molecule has 18 heavy (non-hydrogen) atoms. The number of fused-ring (bicyclic) bond motifs is 1. The molecule has 0 radical (unpaired) electrons. The number of anilines is 1. The second kappa shape index (κ2) is 4.54. The van der Waals surface area contributed by atoms with Crippen LogP contribution in [0.2, 0.25) is 0 Å². The average Bonchev–Trinajstić information content (AvgIpc) is 2.77. The van der Waals surface area contributed by atoms with Crippen LogP contribution in [-0.4, -0.2) is 26.2 Å². The van der Waals surface area contributed by atoms with Gasteiger partial charge in [0.25, 0.3) is 0 Å². The zero-order chi connectivity index (χ0) is 12.6. The molecule has 1 atom stereocenters. The highest BCUT2D eigenvalue weighted by molar-refractivity contribution is 5.56. The number of nitrogens with zero attached hydrogens (tertiary/aromatic N) is 1. The standard InChI is InChI=1S/C15H21FN2/c1-15(6-7-17-10-15)11-18-8-2-3-12-4-5-13(16)9-14(12)18/h4-5,9,17H,2-3,6-8,10-11H2,1H3. The highest BCUT2D eigenvalue weighted by Gasteiger charge is 2.32. The number of nitrogens with one attached hydrogen (secondary N) is 1. The zero-order valence-corrected chi connectivity index (χ0v) is 11.0. The van der Waals surface area contributed by atoms with E-state index in [1.165, 1.54) is 18.4 Å². The van der Waals surface area contributed by atoms with Gasteiger partial charge in [0.15, 0.2) is 0 Å². The third-order valence-electron chi connectivity index (χ3n) is 4.29. The van der Waals surface area contributed by atoms with Crippen molar-refractivity contribution in [2.45, 2.75) is 26.2 Å². The number of hydrogen-bond donors (Lipinski definition) is 1. The van der Waals surface area contributed by atoms with Crippen LogP contribution in [0.3, 0.4) is 0 Å². The molecule has 0 saturated carbocycles. The molecule has 1 aromatic rings. The van der Waals surface area contributed by atoms with Gasteiger partial charge in [-0.15, -0.1) is 0 Å².